The summed E-state index contributed by atoms with van der Waals surface area (Å²) in [6.07, 6.45) is 10.3. The molecular weight excluding hydrogens is 274 g/mol. The Labute approximate surface area is 134 Å². The van der Waals surface area contributed by atoms with Crippen molar-refractivity contribution in [2.45, 2.75) is 70.6 Å². The van der Waals surface area contributed by atoms with Gasteiger partial charge in [0.25, 0.3) is 0 Å². The number of hydrogen-bond donors (Lipinski definition) is 3. The van der Waals surface area contributed by atoms with Gasteiger partial charge in [-0.15, -0.1) is 0 Å². The highest BCUT2D eigenvalue weighted by molar-refractivity contribution is 5.19. The summed E-state index contributed by atoms with van der Waals surface area (Å²) < 4.78 is 0. The third-order valence-corrected chi connectivity index (χ3v) is 8.19. The Morgan fingerprint density at radius 3 is 2.59 bits per heavy atom. The first-order valence-electron chi connectivity index (χ1n) is 9.17. The van der Waals surface area contributed by atoms with E-state index in [2.05, 4.69) is 26.0 Å². The molecule has 4 aliphatic rings. The van der Waals surface area contributed by atoms with Gasteiger partial charge in [0, 0.05) is 6.04 Å². The summed E-state index contributed by atoms with van der Waals surface area (Å²) in [5, 5.41) is 21.4. The van der Waals surface area contributed by atoms with Crippen molar-refractivity contribution in [1.82, 2.24) is 0 Å². The van der Waals surface area contributed by atoms with Gasteiger partial charge in [0.05, 0.1) is 12.2 Å². The highest BCUT2D eigenvalue weighted by Crippen LogP contribution is 2.65. The molecule has 0 amide bonds. The first-order valence-corrected chi connectivity index (χ1v) is 9.17. The normalized spacial score (nSPS) is 60.5. The smallest absolute Gasteiger partial charge is 0.0596 e. The Bertz CT molecular complexity index is 492. The van der Waals surface area contributed by atoms with Gasteiger partial charge < -0.3 is 15.9 Å². The van der Waals surface area contributed by atoms with Gasteiger partial charge in [0.1, 0.15) is 0 Å². The molecule has 4 N–H and O–H groups in total. The Morgan fingerprint density at radius 2 is 1.82 bits per heavy atom. The lowest BCUT2D eigenvalue weighted by atomic mass is 9.45. The number of rotatable bonds is 0. The van der Waals surface area contributed by atoms with Gasteiger partial charge in [0.2, 0.25) is 0 Å². The van der Waals surface area contributed by atoms with Crippen LogP contribution in [0.15, 0.2) is 12.2 Å². The quantitative estimate of drug-likeness (QED) is 0.602. The maximum absolute atomic E-state index is 10.9. The maximum Gasteiger partial charge on any atom is 0.0596 e. The lowest BCUT2D eigenvalue weighted by Crippen LogP contribution is -2.58. The molecule has 3 nitrogen and oxygen atoms in total. The third kappa shape index (κ3) is 1.85. The standard InChI is InChI=1S/C19H31NO2/c1-18-7-5-12(20)9-11(18)10-15(21)17-13-3-4-16(22)19(13,2)8-6-14(17)18/h5,7,11-17,21-22H,3-4,6,8-10,20H2,1-2H3/t11-,12-,13-,14-,15-,16-,17-,18-,19-/m0/s1. The molecular formula is C19H31NO2. The molecule has 3 heteroatoms. The molecule has 0 aromatic rings. The zero-order chi connectivity index (χ0) is 15.7. The fourth-order valence-corrected chi connectivity index (χ4v) is 6.78. The van der Waals surface area contributed by atoms with E-state index in [0.717, 1.165) is 38.5 Å². The van der Waals surface area contributed by atoms with Crippen molar-refractivity contribution in [3.63, 3.8) is 0 Å². The predicted octanol–water partition coefficient (Wildman–Crippen LogP) is 2.46. The number of allylic oxidation sites excluding steroid dienone is 1. The van der Waals surface area contributed by atoms with Crippen molar-refractivity contribution in [2.24, 2.45) is 40.2 Å². The summed E-state index contributed by atoms with van der Waals surface area (Å²) in [6, 6.07) is 0.156. The lowest BCUT2D eigenvalue weighted by Gasteiger charge is -2.60. The van der Waals surface area contributed by atoms with Crippen molar-refractivity contribution >= 4 is 0 Å². The SMILES string of the molecule is C[C@]12C=C[C@H](N)C[C@H]1C[C@H](O)[C@@H]1[C@@H]2CC[C@]2(C)[C@@H](O)CC[C@@H]12. The molecule has 124 valence electrons. The first-order chi connectivity index (χ1) is 10.4. The van der Waals surface area contributed by atoms with Gasteiger partial charge in [-0.3, -0.25) is 0 Å². The van der Waals surface area contributed by atoms with E-state index in [4.69, 9.17) is 5.73 Å². The molecule has 4 aliphatic carbocycles. The van der Waals surface area contributed by atoms with Crippen LogP contribution < -0.4 is 5.73 Å². The summed E-state index contributed by atoms with van der Waals surface area (Å²) >= 11 is 0. The van der Waals surface area contributed by atoms with Gasteiger partial charge >= 0.3 is 0 Å². The summed E-state index contributed by atoms with van der Waals surface area (Å²) in [5.74, 6) is 1.90. The zero-order valence-electron chi connectivity index (χ0n) is 13.9. The number of nitrogens with two attached hydrogens (primary N) is 1. The minimum Gasteiger partial charge on any atom is -0.393 e. The first kappa shape index (κ1) is 15.2. The molecule has 0 unspecified atom stereocenters. The topological polar surface area (TPSA) is 66.5 Å². The summed E-state index contributed by atoms with van der Waals surface area (Å²) in [4.78, 5) is 0. The molecule has 0 radical (unpaired) electrons. The number of aliphatic hydroxyl groups excluding tert-OH is 2. The van der Waals surface area contributed by atoms with Crippen molar-refractivity contribution in [3.05, 3.63) is 12.2 Å². The van der Waals surface area contributed by atoms with Crippen LogP contribution in [0.3, 0.4) is 0 Å². The van der Waals surface area contributed by atoms with Crippen LogP contribution in [0.2, 0.25) is 0 Å². The van der Waals surface area contributed by atoms with E-state index in [1.165, 1.54) is 0 Å². The van der Waals surface area contributed by atoms with E-state index in [-0.39, 0.29) is 29.1 Å². The highest BCUT2D eigenvalue weighted by Gasteiger charge is 2.61. The van der Waals surface area contributed by atoms with Crippen LogP contribution in [0.1, 0.15) is 52.4 Å². The fourth-order valence-electron chi connectivity index (χ4n) is 6.78. The van der Waals surface area contributed by atoms with E-state index >= 15 is 0 Å². The van der Waals surface area contributed by atoms with Crippen LogP contribution in [0.4, 0.5) is 0 Å². The minimum atomic E-state index is -0.211. The second-order valence-electron chi connectivity index (χ2n) is 9.05. The number of fused-ring (bicyclic) bond motifs is 5. The Balaban J connectivity index is 1.71. The van der Waals surface area contributed by atoms with E-state index in [0.29, 0.717) is 23.7 Å². The Hall–Kier alpha value is -0.380. The largest absolute Gasteiger partial charge is 0.393 e. The fraction of sp³-hybridized carbons (Fsp3) is 0.895. The van der Waals surface area contributed by atoms with Gasteiger partial charge in [0.15, 0.2) is 0 Å². The molecule has 0 spiro atoms. The Morgan fingerprint density at radius 1 is 1.05 bits per heavy atom. The van der Waals surface area contributed by atoms with Crippen LogP contribution in [-0.2, 0) is 0 Å². The van der Waals surface area contributed by atoms with Crippen molar-refractivity contribution in [1.29, 1.82) is 0 Å². The average Bonchev–Trinajstić information content (AvgIpc) is 2.77. The summed E-state index contributed by atoms with van der Waals surface area (Å²) in [6.45, 7) is 4.66. The highest BCUT2D eigenvalue weighted by atomic mass is 16.3. The summed E-state index contributed by atoms with van der Waals surface area (Å²) in [7, 11) is 0. The zero-order valence-corrected chi connectivity index (χ0v) is 13.9. The van der Waals surface area contributed by atoms with Gasteiger partial charge in [-0.05, 0) is 73.0 Å². The van der Waals surface area contributed by atoms with Crippen molar-refractivity contribution in [3.8, 4) is 0 Å². The lowest BCUT2D eigenvalue weighted by molar-refractivity contribution is -0.146. The number of hydrogen-bond acceptors (Lipinski definition) is 3. The van der Waals surface area contributed by atoms with E-state index in [9.17, 15) is 10.2 Å². The maximum atomic E-state index is 10.9. The molecule has 3 fully saturated rings. The van der Waals surface area contributed by atoms with Gasteiger partial charge in [-0.25, -0.2) is 0 Å². The van der Waals surface area contributed by atoms with E-state index in [1.807, 2.05) is 0 Å². The summed E-state index contributed by atoms with van der Waals surface area (Å²) in [5.41, 5.74) is 6.35. The molecule has 9 atom stereocenters. The Kier molecular flexibility index (Phi) is 3.32. The van der Waals surface area contributed by atoms with Crippen LogP contribution in [0, 0.1) is 34.5 Å². The molecule has 0 heterocycles. The minimum absolute atomic E-state index is 0.0279. The van der Waals surface area contributed by atoms with Crippen LogP contribution >= 0.6 is 0 Å². The molecule has 0 aromatic carbocycles. The van der Waals surface area contributed by atoms with Gasteiger partial charge in [-0.2, -0.15) is 0 Å². The molecule has 22 heavy (non-hydrogen) atoms. The molecule has 4 rings (SSSR count). The van der Waals surface area contributed by atoms with E-state index in [1.54, 1.807) is 0 Å². The molecule has 0 aromatic heterocycles. The van der Waals surface area contributed by atoms with Crippen LogP contribution in [0.25, 0.3) is 0 Å². The second kappa shape index (κ2) is 4.81. The van der Waals surface area contributed by atoms with Crippen LogP contribution in [-0.4, -0.2) is 28.5 Å². The third-order valence-electron chi connectivity index (χ3n) is 8.19. The number of aliphatic hydroxyl groups is 2. The predicted molar refractivity (Wildman–Crippen MR) is 87.0 cm³/mol. The molecule has 0 aliphatic heterocycles. The molecule has 0 saturated heterocycles. The monoisotopic (exact) mass is 305 g/mol. The average molecular weight is 305 g/mol. The van der Waals surface area contributed by atoms with Crippen molar-refractivity contribution < 1.29 is 10.2 Å². The van der Waals surface area contributed by atoms with E-state index < -0.39 is 0 Å². The van der Waals surface area contributed by atoms with Gasteiger partial charge in [-0.1, -0.05) is 26.0 Å². The molecule has 0 bridgehead atoms. The molecule has 3 saturated carbocycles. The van der Waals surface area contributed by atoms with Crippen LogP contribution in [0.5, 0.6) is 0 Å². The van der Waals surface area contributed by atoms with Crippen molar-refractivity contribution in [2.75, 3.05) is 0 Å². The second-order valence-corrected chi connectivity index (χ2v) is 9.05.